The van der Waals surface area contributed by atoms with Crippen LogP contribution in [0.5, 0.6) is 0 Å². The lowest BCUT2D eigenvalue weighted by Crippen LogP contribution is -2.40. The van der Waals surface area contributed by atoms with Gasteiger partial charge in [-0.15, -0.1) is 0 Å². The molecule has 0 unspecified atom stereocenters. The van der Waals surface area contributed by atoms with Gasteiger partial charge in [-0.1, -0.05) is 6.07 Å². The number of aryl methyl sites for hydroxylation is 1. The first-order valence-electron chi connectivity index (χ1n) is 6.29. The first-order valence-corrected chi connectivity index (χ1v) is 6.29. The van der Waals surface area contributed by atoms with Crippen molar-refractivity contribution in [1.29, 1.82) is 0 Å². The molecule has 0 bridgehead atoms. The summed E-state index contributed by atoms with van der Waals surface area (Å²) >= 11 is 0. The van der Waals surface area contributed by atoms with Crippen LogP contribution in [0.4, 0.5) is 13.2 Å². The molecule has 0 spiro atoms. The standard InChI is InChI=1S/C13H14F3N3O2/c1-18-9-5-2-4-8(13(14,15)16)10(9)11(20)19(12(18)21)7-3-6-17/h2,4-5H,3,6-7,17H2,1H3. The van der Waals surface area contributed by atoms with E-state index >= 15 is 0 Å². The maximum Gasteiger partial charge on any atom is 0.417 e. The molecule has 2 N–H and O–H groups in total. The number of benzene rings is 1. The summed E-state index contributed by atoms with van der Waals surface area (Å²) in [5, 5.41) is -0.496. The lowest BCUT2D eigenvalue weighted by Gasteiger charge is -2.14. The van der Waals surface area contributed by atoms with Gasteiger partial charge < -0.3 is 5.73 Å². The van der Waals surface area contributed by atoms with E-state index in [1.54, 1.807) is 0 Å². The van der Waals surface area contributed by atoms with E-state index < -0.39 is 28.4 Å². The van der Waals surface area contributed by atoms with Gasteiger partial charge in [0.15, 0.2) is 0 Å². The van der Waals surface area contributed by atoms with E-state index in [1.165, 1.54) is 19.2 Å². The molecule has 0 aliphatic heterocycles. The third kappa shape index (κ3) is 2.58. The first kappa shape index (κ1) is 15.3. The Kier molecular flexibility index (Phi) is 3.91. The Morgan fingerprint density at radius 2 is 1.90 bits per heavy atom. The van der Waals surface area contributed by atoms with Crippen molar-refractivity contribution in [2.75, 3.05) is 6.54 Å². The van der Waals surface area contributed by atoms with Crippen LogP contribution in [0.1, 0.15) is 12.0 Å². The SMILES string of the molecule is Cn1c(=O)n(CCCN)c(=O)c2c(C(F)(F)F)cccc21. The van der Waals surface area contributed by atoms with Gasteiger partial charge in [-0.25, -0.2) is 4.79 Å². The number of hydrogen-bond acceptors (Lipinski definition) is 3. The quantitative estimate of drug-likeness (QED) is 0.922. The van der Waals surface area contributed by atoms with Gasteiger partial charge in [-0.3, -0.25) is 13.9 Å². The fraction of sp³-hybridized carbons (Fsp3) is 0.385. The van der Waals surface area contributed by atoms with Gasteiger partial charge in [0.05, 0.1) is 16.5 Å². The number of fused-ring (bicyclic) bond motifs is 1. The lowest BCUT2D eigenvalue weighted by atomic mass is 10.1. The summed E-state index contributed by atoms with van der Waals surface area (Å²) in [5.41, 5.74) is 2.66. The second-order valence-corrected chi connectivity index (χ2v) is 4.64. The fourth-order valence-electron chi connectivity index (χ4n) is 2.23. The number of nitrogens with zero attached hydrogens (tertiary/aromatic N) is 2. The summed E-state index contributed by atoms with van der Waals surface area (Å²) in [4.78, 5) is 24.4. The van der Waals surface area contributed by atoms with Gasteiger partial charge in [-0.05, 0) is 25.1 Å². The predicted octanol–water partition coefficient (Wildman–Crippen LogP) is 1.07. The fourth-order valence-corrected chi connectivity index (χ4v) is 2.23. The summed E-state index contributed by atoms with van der Waals surface area (Å²) in [5.74, 6) is 0. The van der Waals surface area contributed by atoms with Crippen molar-refractivity contribution < 1.29 is 13.2 Å². The van der Waals surface area contributed by atoms with E-state index in [9.17, 15) is 22.8 Å². The molecule has 21 heavy (non-hydrogen) atoms. The highest BCUT2D eigenvalue weighted by Gasteiger charge is 2.34. The van der Waals surface area contributed by atoms with Crippen molar-refractivity contribution in [3.05, 3.63) is 44.6 Å². The van der Waals surface area contributed by atoms with Crippen molar-refractivity contribution in [1.82, 2.24) is 9.13 Å². The Hall–Kier alpha value is -2.09. The molecule has 0 saturated heterocycles. The van der Waals surface area contributed by atoms with Crippen molar-refractivity contribution in [3.8, 4) is 0 Å². The molecular formula is C13H14F3N3O2. The number of aromatic nitrogens is 2. The van der Waals surface area contributed by atoms with E-state index in [4.69, 9.17) is 5.73 Å². The van der Waals surface area contributed by atoms with Gasteiger partial charge in [0.2, 0.25) is 0 Å². The van der Waals surface area contributed by atoms with Gasteiger partial charge in [0.25, 0.3) is 5.56 Å². The first-order chi connectivity index (χ1) is 9.79. The largest absolute Gasteiger partial charge is 0.417 e. The second kappa shape index (κ2) is 5.36. The molecule has 1 aromatic carbocycles. The topological polar surface area (TPSA) is 70.0 Å². The monoisotopic (exact) mass is 301 g/mol. The highest BCUT2D eigenvalue weighted by Crippen LogP contribution is 2.32. The number of alkyl halides is 3. The summed E-state index contributed by atoms with van der Waals surface area (Å²) in [6.45, 7) is 0.221. The molecule has 114 valence electrons. The van der Waals surface area contributed by atoms with Crippen molar-refractivity contribution in [2.45, 2.75) is 19.1 Å². The Balaban J connectivity index is 2.92. The van der Waals surface area contributed by atoms with Gasteiger partial charge in [0.1, 0.15) is 0 Å². The summed E-state index contributed by atoms with van der Waals surface area (Å²) in [6.07, 6.45) is -4.34. The number of halogens is 3. The van der Waals surface area contributed by atoms with E-state index in [1.807, 2.05) is 0 Å². The molecule has 0 saturated carbocycles. The van der Waals surface area contributed by atoms with Crippen molar-refractivity contribution >= 4 is 10.9 Å². The van der Waals surface area contributed by atoms with Gasteiger partial charge >= 0.3 is 11.9 Å². The van der Waals surface area contributed by atoms with Crippen LogP contribution < -0.4 is 17.0 Å². The van der Waals surface area contributed by atoms with Crippen LogP contribution in [-0.4, -0.2) is 15.7 Å². The third-order valence-corrected chi connectivity index (χ3v) is 3.27. The molecule has 8 heteroatoms. The van der Waals surface area contributed by atoms with Gasteiger partial charge in [0, 0.05) is 13.6 Å². The minimum absolute atomic E-state index is 0.00978. The van der Waals surface area contributed by atoms with E-state index in [-0.39, 0.29) is 18.6 Å². The molecule has 0 fully saturated rings. The maximum atomic E-state index is 13.1. The Bertz CT molecular complexity index is 790. The molecular weight excluding hydrogens is 287 g/mol. The smallest absolute Gasteiger partial charge is 0.330 e. The Morgan fingerprint density at radius 1 is 1.24 bits per heavy atom. The Morgan fingerprint density at radius 3 is 2.48 bits per heavy atom. The van der Waals surface area contributed by atoms with Crippen molar-refractivity contribution in [3.63, 3.8) is 0 Å². The molecule has 1 heterocycles. The minimum atomic E-state index is -4.66. The predicted molar refractivity (Wildman–Crippen MR) is 72.1 cm³/mol. The van der Waals surface area contributed by atoms with E-state index in [0.29, 0.717) is 6.42 Å². The van der Waals surface area contributed by atoms with Crippen LogP contribution >= 0.6 is 0 Å². The number of nitrogens with two attached hydrogens (primary N) is 1. The number of hydrogen-bond donors (Lipinski definition) is 1. The van der Waals surface area contributed by atoms with Crippen LogP contribution in [0.25, 0.3) is 10.9 Å². The molecule has 2 rings (SSSR count). The summed E-state index contributed by atoms with van der Waals surface area (Å²) in [7, 11) is 1.34. The number of rotatable bonds is 3. The Labute approximate surface area is 117 Å². The van der Waals surface area contributed by atoms with E-state index in [0.717, 1.165) is 15.2 Å². The normalized spacial score (nSPS) is 12.0. The third-order valence-electron chi connectivity index (χ3n) is 3.27. The molecule has 0 radical (unpaired) electrons. The molecule has 1 aromatic heterocycles. The summed E-state index contributed by atoms with van der Waals surface area (Å²) < 4.78 is 41.0. The van der Waals surface area contributed by atoms with Crippen LogP contribution in [0.3, 0.4) is 0 Å². The molecule has 5 nitrogen and oxygen atoms in total. The zero-order valence-corrected chi connectivity index (χ0v) is 11.3. The highest BCUT2D eigenvalue weighted by atomic mass is 19.4. The molecule has 0 amide bonds. The zero-order valence-electron chi connectivity index (χ0n) is 11.3. The minimum Gasteiger partial charge on any atom is -0.330 e. The van der Waals surface area contributed by atoms with Crippen LogP contribution in [0.2, 0.25) is 0 Å². The molecule has 0 aliphatic carbocycles. The lowest BCUT2D eigenvalue weighted by molar-refractivity contribution is -0.136. The van der Waals surface area contributed by atoms with Crippen LogP contribution in [-0.2, 0) is 19.8 Å². The molecule has 0 aliphatic rings. The second-order valence-electron chi connectivity index (χ2n) is 4.64. The maximum absolute atomic E-state index is 13.1. The average molecular weight is 301 g/mol. The zero-order chi connectivity index (χ0) is 15.8. The summed E-state index contributed by atoms with van der Waals surface area (Å²) in [6, 6.07) is 3.33. The molecule has 2 aromatic rings. The van der Waals surface area contributed by atoms with Crippen molar-refractivity contribution in [2.24, 2.45) is 12.8 Å². The van der Waals surface area contributed by atoms with Gasteiger partial charge in [-0.2, -0.15) is 13.2 Å². The van der Waals surface area contributed by atoms with Crippen LogP contribution in [0.15, 0.2) is 27.8 Å². The molecule has 0 atom stereocenters. The highest BCUT2D eigenvalue weighted by molar-refractivity contribution is 5.82. The van der Waals surface area contributed by atoms with Crippen LogP contribution in [0, 0.1) is 0 Å². The average Bonchev–Trinajstić information content (AvgIpc) is 2.43. The van der Waals surface area contributed by atoms with E-state index in [2.05, 4.69) is 0 Å².